The third kappa shape index (κ3) is 1.74. The van der Waals surface area contributed by atoms with Gasteiger partial charge in [0.2, 0.25) is 0 Å². The molecule has 2 aromatic heterocycles. The summed E-state index contributed by atoms with van der Waals surface area (Å²) in [5, 5.41) is 16.1. The summed E-state index contributed by atoms with van der Waals surface area (Å²) in [6.45, 7) is 2.71. The van der Waals surface area contributed by atoms with E-state index in [1.54, 1.807) is 17.1 Å². The van der Waals surface area contributed by atoms with Crippen molar-refractivity contribution in [3.8, 4) is 11.3 Å². The molecule has 0 saturated carbocycles. The first-order valence-corrected chi connectivity index (χ1v) is 4.43. The van der Waals surface area contributed by atoms with Crippen LogP contribution >= 0.6 is 0 Å². The van der Waals surface area contributed by atoms with Crippen molar-refractivity contribution in [2.45, 2.75) is 13.5 Å². The lowest BCUT2D eigenvalue weighted by molar-refractivity contribution is 0.0686. The second-order valence-electron chi connectivity index (χ2n) is 2.97. The van der Waals surface area contributed by atoms with Crippen LogP contribution in [0.3, 0.4) is 0 Å². The molecular weight excluding hydrogens is 198 g/mol. The van der Waals surface area contributed by atoms with Gasteiger partial charge in [-0.25, -0.2) is 4.79 Å². The quantitative estimate of drug-likeness (QED) is 0.819. The van der Waals surface area contributed by atoms with E-state index in [1.165, 1.54) is 6.07 Å². The number of nitrogens with zero attached hydrogens (tertiary/aromatic N) is 3. The van der Waals surface area contributed by atoms with E-state index in [-0.39, 0.29) is 5.69 Å². The zero-order valence-corrected chi connectivity index (χ0v) is 8.04. The Morgan fingerprint density at radius 2 is 2.47 bits per heavy atom. The van der Waals surface area contributed by atoms with Gasteiger partial charge in [0, 0.05) is 18.8 Å². The van der Waals surface area contributed by atoms with Crippen LogP contribution in [0.4, 0.5) is 0 Å². The van der Waals surface area contributed by atoms with Gasteiger partial charge in [-0.2, -0.15) is 5.10 Å². The highest BCUT2D eigenvalue weighted by atomic mass is 16.5. The summed E-state index contributed by atoms with van der Waals surface area (Å²) in [4.78, 5) is 10.6. The van der Waals surface area contributed by atoms with Crippen molar-refractivity contribution in [1.29, 1.82) is 0 Å². The molecule has 0 aliphatic heterocycles. The maximum absolute atomic E-state index is 10.6. The monoisotopic (exact) mass is 207 g/mol. The smallest absolute Gasteiger partial charge is 0.358 e. The van der Waals surface area contributed by atoms with Gasteiger partial charge in [0.25, 0.3) is 0 Å². The van der Waals surface area contributed by atoms with Crippen LogP contribution in [0, 0.1) is 0 Å². The molecule has 0 fully saturated rings. The molecule has 1 N–H and O–H groups in total. The van der Waals surface area contributed by atoms with E-state index in [9.17, 15) is 4.79 Å². The number of carbonyl (C=O) groups is 1. The highest BCUT2D eigenvalue weighted by Gasteiger charge is 2.13. The Labute approximate surface area is 85.1 Å². The fraction of sp³-hybridized carbons (Fsp3) is 0.222. The van der Waals surface area contributed by atoms with E-state index in [0.29, 0.717) is 5.76 Å². The van der Waals surface area contributed by atoms with Gasteiger partial charge in [-0.05, 0) is 6.92 Å². The number of carboxylic acids is 1. The van der Waals surface area contributed by atoms with E-state index >= 15 is 0 Å². The molecule has 0 unspecified atom stereocenters. The molecule has 2 heterocycles. The van der Waals surface area contributed by atoms with Crippen molar-refractivity contribution in [3.63, 3.8) is 0 Å². The minimum absolute atomic E-state index is 0.103. The number of hydrogen-bond acceptors (Lipinski definition) is 4. The average Bonchev–Trinajstić information content (AvgIpc) is 2.86. The second kappa shape index (κ2) is 3.56. The molecule has 0 radical (unpaired) electrons. The lowest BCUT2D eigenvalue weighted by Gasteiger charge is -1.89. The molecule has 0 saturated heterocycles. The van der Waals surface area contributed by atoms with Crippen molar-refractivity contribution in [2.24, 2.45) is 0 Å². The molecular formula is C9H9N3O3. The predicted molar refractivity (Wildman–Crippen MR) is 50.4 cm³/mol. The molecule has 2 aromatic rings. The molecule has 0 aliphatic carbocycles. The standard InChI is InChI=1S/C9H9N3O3/c1-2-12-5-6(4-10-12)8-3-7(9(13)14)11-15-8/h3-5H,2H2,1H3,(H,13,14). The molecule has 6 nitrogen and oxygen atoms in total. The van der Waals surface area contributed by atoms with Crippen LogP contribution in [0.2, 0.25) is 0 Å². The topological polar surface area (TPSA) is 81.2 Å². The van der Waals surface area contributed by atoms with Crippen molar-refractivity contribution in [2.75, 3.05) is 0 Å². The fourth-order valence-electron chi connectivity index (χ4n) is 1.18. The third-order valence-electron chi connectivity index (χ3n) is 1.97. The first-order chi connectivity index (χ1) is 7.20. The Balaban J connectivity index is 2.32. The van der Waals surface area contributed by atoms with Crippen LogP contribution < -0.4 is 0 Å². The largest absolute Gasteiger partial charge is 0.476 e. The SMILES string of the molecule is CCn1cc(-c2cc(C(=O)O)no2)cn1. The first kappa shape index (κ1) is 9.45. The normalized spacial score (nSPS) is 10.5. The zero-order chi connectivity index (χ0) is 10.8. The van der Waals surface area contributed by atoms with Crippen LogP contribution in [-0.2, 0) is 6.54 Å². The highest BCUT2D eigenvalue weighted by molar-refractivity contribution is 5.86. The van der Waals surface area contributed by atoms with E-state index < -0.39 is 5.97 Å². The van der Waals surface area contributed by atoms with Crippen LogP contribution in [0.5, 0.6) is 0 Å². The molecule has 6 heteroatoms. The molecule has 0 aliphatic rings. The van der Waals surface area contributed by atoms with E-state index in [1.807, 2.05) is 6.92 Å². The van der Waals surface area contributed by atoms with Crippen LogP contribution in [0.15, 0.2) is 23.0 Å². The van der Waals surface area contributed by atoms with Crippen molar-refractivity contribution < 1.29 is 14.4 Å². The predicted octanol–water partition coefficient (Wildman–Crippen LogP) is 1.26. The minimum atomic E-state index is -1.10. The Morgan fingerprint density at radius 1 is 1.67 bits per heavy atom. The molecule has 0 bridgehead atoms. The van der Waals surface area contributed by atoms with Gasteiger partial charge in [-0.1, -0.05) is 5.16 Å². The molecule has 0 amide bonds. The number of hydrogen-bond donors (Lipinski definition) is 1. The average molecular weight is 207 g/mol. The number of rotatable bonds is 3. The zero-order valence-electron chi connectivity index (χ0n) is 8.04. The first-order valence-electron chi connectivity index (χ1n) is 4.43. The molecule has 78 valence electrons. The lowest BCUT2D eigenvalue weighted by atomic mass is 10.2. The van der Waals surface area contributed by atoms with Crippen molar-refractivity contribution in [3.05, 3.63) is 24.2 Å². The van der Waals surface area contributed by atoms with Gasteiger partial charge >= 0.3 is 5.97 Å². The molecule has 0 spiro atoms. The van der Waals surface area contributed by atoms with Crippen molar-refractivity contribution in [1.82, 2.24) is 14.9 Å². The Bertz CT molecular complexity index is 486. The van der Waals surface area contributed by atoms with E-state index in [2.05, 4.69) is 10.3 Å². The van der Waals surface area contributed by atoms with Gasteiger partial charge in [0.1, 0.15) is 0 Å². The van der Waals surface area contributed by atoms with Crippen LogP contribution in [0.1, 0.15) is 17.4 Å². The summed E-state index contributed by atoms with van der Waals surface area (Å²) >= 11 is 0. The maximum atomic E-state index is 10.6. The van der Waals surface area contributed by atoms with Gasteiger partial charge in [-0.15, -0.1) is 0 Å². The minimum Gasteiger partial charge on any atom is -0.476 e. The summed E-state index contributed by atoms with van der Waals surface area (Å²) < 4.78 is 6.61. The summed E-state index contributed by atoms with van der Waals surface area (Å²) in [6.07, 6.45) is 3.38. The lowest BCUT2D eigenvalue weighted by Crippen LogP contribution is -1.94. The fourth-order valence-corrected chi connectivity index (χ4v) is 1.18. The summed E-state index contributed by atoms with van der Waals surface area (Å²) in [7, 11) is 0. The summed E-state index contributed by atoms with van der Waals surface area (Å²) in [5.74, 6) is -0.694. The van der Waals surface area contributed by atoms with Gasteiger partial charge in [-0.3, -0.25) is 4.68 Å². The van der Waals surface area contributed by atoms with E-state index in [4.69, 9.17) is 9.63 Å². The van der Waals surface area contributed by atoms with Gasteiger partial charge < -0.3 is 9.63 Å². The van der Waals surface area contributed by atoms with E-state index in [0.717, 1.165) is 12.1 Å². The number of carboxylic acid groups (broad SMARTS) is 1. The van der Waals surface area contributed by atoms with Gasteiger partial charge in [0.15, 0.2) is 11.5 Å². The Morgan fingerprint density at radius 3 is 3.00 bits per heavy atom. The molecule has 15 heavy (non-hydrogen) atoms. The second-order valence-corrected chi connectivity index (χ2v) is 2.97. The number of aromatic carboxylic acids is 1. The Hall–Kier alpha value is -2.11. The number of aromatic nitrogens is 3. The summed E-state index contributed by atoms with van der Waals surface area (Å²) in [6, 6.07) is 1.37. The van der Waals surface area contributed by atoms with Crippen LogP contribution in [-0.4, -0.2) is 26.0 Å². The Kier molecular flexibility index (Phi) is 2.24. The molecule has 0 atom stereocenters. The summed E-state index contributed by atoms with van der Waals surface area (Å²) in [5.41, 5.74) is 0.617. The van der Waals surface area contributed by atoms with Crippen LogP contribution in [0.25, 0.3) is 11.3 Å². The highest BCUT2D eigenvalue weighted by Crippen LogP contribution is 2.19. The maximum Gasteiger partial charge on any atom is 0.358 e. The molecule has 0 aromatic carbocycles. The third-order valence-corrected chi connectivity index (χ3v) is 1.97. The number of aryl methyl sites for hydroxylation is 1. The molecule has 2 rings (SSSR count). The van der Waals surface area contributed by atoms with Crippen molar-refractivity contribution >= 4 is 5.97 Å². The van der Waals surface area contributed by atoms with Gasteiger partial charge in [0.05, 0.1) is 11.8 Å².